The van der Waals surface area contributed by atoms with Crippen molar-refractivity contribution in [3.05, 3.63) is 41.7 Å². The van der Waals surface area contributed by atoms with Crippen molar-refractivity contribution in [1.29, 1.82) is 0 Å². The van der Waals surface area contributed by atoms with E-state index in [0.29, 0.717) is 22.8 Å². The first-order valence-corrected chi connectivity index (χ1v) is 10.3. The van der Waals surface area contributed by atoms with E-state index in [2.05, 4.69) is 10.5 Å². The van der Waals surface area contributed by atoms with E-state index in [1.807, 2.05) is 18.2 Å². The van der Waals surface area contributed by atoms with Gasteiger partial charge in [-0.2, -0.15) is 0 Å². The summed E-state index contributed by atoms with van der Waals surface area (Å²) in [5.41, 5.74) is 1.35. The number of amides is 2. The minimum Gasteiger partial charge on any atom is -0.480 e. The average Bonchev–Trinajstić information content (AvgIpc) is 3.07. The molecular formula is C19H18ClN3O5S. The molecule has 8 nitrogen and oxygen atoms in total. The second-order valence-electron chi connectivity index (χ2n) is 7.25. The maximum absolute atomic E-state index is 13.0. The molecule has 2 aliphatic rings. The third-order valence-electron chi connectivity index (χ3n) is 5.12. The number of aliphatic carboxylic acids is 1. The van der Waals surface area contributed by atoms with E-state index in [0.717, 1.165) is 0 Å². The molecule has 4 atom stereocenters. The van der Waals surface area contributed by atoms with Crippen molar-refractivity contribution in [2.45, 2.75) is 36.2 Å². The van der Waals surface area contributed by atoms with Crippen molar-refractivity contribution >= 4 is 41.1 Å². The highest BCUT2D eigenvalue weighted by atomic mass is 35.5. The number of alkyl halides is 1. The van der Waals surface area contributed by atoms with Crippen LogP contribution in [0.3, 0.4) is 0 Å². The molecule has 1 aromatic carbocycles. The molecule has 2 amide bonds. The van der Waals surface area contributed by atoms with Crippen LogP contribution < -0.4 is 5.32 Å². The van der Waals surface area contributed by atoms with E-state index in [1.54, 1.807) is 26.0 Å². The second-order valence-corrected chi connectivity index (χ2v) is 9.21. The molecule has 0 aliphatic carbocycles. The lowest BCUT2D eigenvalue weighted by Gasteiger charge is -2.55. The Hall–Kier alpha value is -2.52. The largest absolute Gasteiger partial charge is 0.480 e. The number of halogens is 1. The Kier molecular flexibility index (Phi) is 4.82. The Labute approximate surface area is 175 Å². The third kappa shape index (κ3) is 3.18. The zero-order chi connectivity index (χ0) is 20.9. The number of hydrogen-bond donors (Lipinski definition) is 2. The van der Waals surface area contributed by atoms with Crippen molar-refractivity contribution in [1.82, 2.24) is 15.4 Å². The summed E-state index contributed by atoms with van der Waals surface area (Å²) >= 11 is 7.69. The van der Waals surface area contributed by atoms with Gasteiger partial charge in [0.05, 0.1) is 4.87 Å². The molecule has 2 aromatic rings. The number of β-lactam (4-membered cyclic amide) rings is 1. The predicted molar refractivity (Wildman–Crippen MR) is 107 cm³/mol. The number of nitrogens with zero attached hydrogens (tertiary/aromatic N) is 2. The molecule has 2 N–H and O–H groups in total. The molecule has 0 spiro atoms. The van der Waals surface area contributed by atoms with Gasteiger partial charge >= 0.3 is 5.97 Å². The van der Waals surface area contributed by atoms with Crippen molar-refractivity contribution in [3.8, 4) is 11.3 Å². The maximum Gasteiger partial charge on any atom is 0.328 e. The van der Waals surface area contributed by atoms with Crippen molar-refractivity contribution in [3.63, 3.8) is 0 Å². The summed E-state index contributed by atoms with van der Waals surface area (Å²) in [6.45, 7) is 3.22. The number of aromatic nitrogens is 1. The fourth-order valence-electron chi connectivity index (χ4n) is 3.71. The van der Waals surface area contributed by atoms with Gasteiger partial charge in [0.25, 0.3) is 5.91 Å². The van der Waals surface area contributed by atoms with Crippen molar-refractivity contribution < 1.29 is 24.0 Å². The highest BCUT2D eigenvalue weighted by molar-refractivity contribution is 8.00. The molecule has 0 radical (unpaired) electrons. The Bertz CT molecular complexity index is 993. The molecule has 0 saturated carbocycles. The minimum atomic E-state index is -1.16. The molecule has 0 bridgehead atoms. The summed E-state index contributed by atoms with van der Waals surface area (Å²) in [5.74, 6) is -1.45. The van der Waals surface area contributed by atoms with Crippen LogP contribution in [0.2, 0.25) is 0 Å². The second kappa shape index (κ2) is 7.07. The van der Waals surface area contributed by atoms with Crippen molar-refractivity contribution in [2.24, 2.45) is 0 Å². The Morgan fingerprint density at radius 3 is 2.72 bits per heavy atom. The summed E-state index contributed by atoms with van der Waals surface area (Å²) in [7, 11) is 0. The fourth-order valence-corrected chi connectivity index (χ4v) is 5.51. The Balaban J connectivity index is 1.57. The molecule has 152 valence electrons. The predicted octanol–water partition coefficient (Wildman–Crippen LogP) is 2.11. The van der Waals surface area contributed by atoms with Gasteiger partial charge in [0, 0.05) is 11.3 Å². The molecule has 4 rings (SSSR count). The molecule has 2 saturated heterocycles. The van der Waals surface area contributed by atoms with Gasteiger partial charge in [-0.15, -0.1) is 23.4 Å². The van der Waals surface area contributed by atoms with E-state index in [9.17, 15) is 19.5 Å². The number of nitrogens with one attached hydrogen (secondary N) is 1. The summed E-state index contributed by atoms with van der Waals surface area (Å²) in [4.78, 5) is 37.5. The zero-order valence-electron chi connectivity index (χ0n) is 15.6. The first kappa shape index (κ1) is 19.8. The number of fused-ring (bicyclic) bond motifs is 1. The van der Waals surface area contributed by atoms with Crippen LogP contribution in [0.15, 0.2) is 34.9 Å². The van der Waals surface area contributed by atoms with Gasteiger partial charge in [0.15, 0.2) is 0 Å². The van der Waals surface area contributed by atoms with Gasteiger partial charge in [-0.1, -0.05) is 35.5 Å². The third-order valence-corrected chi connectivity index (χ3v) is 7.23. The van der Waals surface area contributed by atoms with Gasteiger partial charge < -0.3 is 19.8 Å². The Morgan fingerprint density at radius 2 is 2.07 bits per heavy atom. The van der Waals surface area contributed by atoms with Crippen LogP contribution >= 0.6 is 23.4 Å². The number of benzene rings is 1. The average molecular weight is 436 g/mol. The topological polar surface area (TPSA) is 113 Å². The van der Waals surface area contributed by atoms with Gasteiger partial charge in [-0.3, -0.25) is 9.59 Å². The van der Waals surface area contributed by atoms with E-state index in [1.165, 1.54) is 16.7 Å². The van der Waals surface area contributed by atoms with Crippen LogP contribution in [0, 0.1) is 6.92 Å². The van der Waals surface area contributed by atoms with E-state index in [4.69, 9.17) is 16.1 Å². The molecule has 1 aromatic heterocycles. The quantitative estimate of drug-likeness (QED) is 0.558. The molecule has 3 heterocycles. The lowest BCUT2D eigenvalue weighted by Crippen LogP contribution is -2.78. The van der Waals surface area contributed by atoms with Gasteiger partial charge in [-0.25, -0.2) is 4.79 Å². The standard InChI is InChI=1S/C19H18ClN3O5S/c1-9-11(12(22-28-9)10-6-4-3-5-7-10)15(24)21-13-16(25)23-14(18(26)27)19(2,20)8-29-17(13)23/h3-7,13-14,17H,8H2,1-2H3,(H,21,24)(H,26,27)/t13-,14+,17-,19-/m1/s1. The SMILES string of the molecule is Cc1onc(-c2ccccc2)c1C(=O)N[C@@H]1C(=O)N2[C@@H]1SC[C@@](C)(Cl)[C@@H]2C(=O)O. The monoisotopic (exact) mass is 435 g/mol. The number of hydrogen-bond acceptors (Lipinski definition) is 6. The van der Waals surface area contributed by atoms with Gasteiger partial charge in [0.1, 0.15) is 34.5 Å². The van der Waals surface area contributed by atoms with Crippen LogP contribution in [-0.2, 0) is 9.59 Å². The number of rotatable bonds is 4. The first-order valence-electron chi connectivity index (χ1n) is 8.90. The molecule has 29 heavy (non-hydrogen) atoms. The number of carbonyl (C=O) groups excluding carboxylic acids is 2. The molecular weight excluding hydrogens is 418 g/mol. The highest BCUT2D eigenvalue weighted by Gasteiger charge is 2.61. The van der Waals surface area contributed by atoms with E-state index < -0.39 is 40.1 Å². The number of carboxylic acid groups (broad SMARTS) is 1. The molecule has 2 fully saturated rings. The number of carboxylic acids is 1. The Morgan fingerprint density at radius 1 is 1.38 bits per heavy atom. The van der Waals surface area contributed by atoms with E-state index >= 15 is 0 Å². The summed E-state index contributed by atoms with van der Waals surface area (Å²) in [6.07, 6.45) is 0. The van der Waals surface area contributed by atoms with Crippen LogP contribution in [0.4, 0.5) is 0 Å². The summed E-state index contributed by atoms with van der Waals surface area (Å²) in [6, 6.07) is 7.12. The number of carbonyl (C=O) groups is 3. The summed E-state index contributed by atoms with van der Waals surface area (Å²) < 4.78 is 5.21. The fraction of sp³-hybridized carbons (Fsp3) is 0.368. The lowest BCUT2D eigenvalue weighted by atomic mass is 9.94. The van der Waals surface area contributed by atoms with Crippen LogP contribution in [0.5, 0.6) is 0 Å². The van der Waals surface area contributed by atoms with Crippen LogP contribution in [0.1, 0.15) is 23.0 Å². The minimum absolute atomic E-state index is 0.250. The molecule has 0 unspecified atom stereocenters. The smallest absolute Gasteiger partial charge is 0.328 e. The highest BCUT2D eigenvalue weighted by Crippen LogP contribution is 2.45. The first-order chi connectivity index (χ1) is 13.7. The molecule has 2 aliphatic heterocycles. The number of thioether (sulfide) groups is 1. The number of aryl methyl sites for hydroxylation is 1. The van der Waals surface area contributed by atoms with E-state index in [-0.39, 0.29) is 5.56 Å². The van der Waals surface area contributed by atoms with Gasteiger partial charge in [0.2, 0.25) is 5.91 Å². The van der Waals surface area contributed by atoms with Crippen LogP contribution in [-0.4, -0.2) is 61.0 Å². The zero-order valence-corrected chi connectivity index (χ0v) is 17.2. The molecule has 10 heteroatoms. The normalized spacial score (nSPS) is 28.4. The van der Waals surface area contributed by atoms with Crippen LogP contribution in [0.25, 0.3) is 11.3 Å². The maximum atomic E-state index is 13.0. The lowest BCUT2D eigenvalue weighted by molar-refractivity contribution is -0.162. The summed E-state index contributed by atoms with van der Waals surface area (Å²) in [5, 5.41) is 15.7. The van der Waals surface area contributed by atoms with Crippen molar-refractivity contribution in [2.75, 3.05) is 5.75 Å². The van der Waals surface area contributed by atoms with Gasteiger partial charge in [-0.05, 0) is 13.8 Å².